The SMILES string of the molecule is CSC1CCCCC1NC1CCC(N)CC1. The van der Waals surface area contributed by atoms with Gasteiger partial charge in [-0.25, -0.2) is 0 Å². The van der Waals surface area contributed by atoms with E-state index in [4.69, 9.17) is 5.73 Å². The van der Waals surface area contributed by atoms with E-state index < -0.39 is 0 Å². The zero-order chi connectivity index (χ0) is 11.4. The molecular formula is C13H26N2S. The summed E-state index contributed by atoms with van der Waals surface area (Å²) in [5.41, 5.74) is 5.95. The van der Waals surface area contributed by atoms with E-state index in [-0.39, 0.29) is 0 Å². The van der Waals surface area contributed by atoms with Crippen molar-refractivity contribution in [2.24, 2.45) is 5.73 Å². The molecule has 2 saturated carbocycles. The van der Waals surface area contributed by atoms with Crippen LogP contribution in [0.15, 0.2) is 0 Å². The highest BCUT2D eigenvalue weighted by molar-refractivity contribution is 7.99. The van der Waals surface area contributed by atoms with E-state index in [1.54, 1.807) is 0 Å². The lowest BCUT2D eigenvalue weighted by Gasteiger charge is -2.36. The number of hydrogen-bond donors (Lipinski definition) is 2. The Morgan fingerprint density at radius 3 is 2.38 bits per heavy atom. The zero-order valence-electron chi connectivity index (χ0n) is 10.5. The van der Waals surface area contributed by atoms with Gasteiger partial charge >= 0.3 is 0 Å². The molecule has 0 aromatic heterocycles. The molecule has 0 aromatic rings. The van der Waals surface area contributed by atoms with Crippen LogP contribution in [0, 0.1) is 0 Å². The molecule has 2 fully saturated rings. The Balaban J connectivity index is 1.78. The molecule has 0 heterocycles. The Morgan fingerprint density at radius 1 is 1.00 bits per heavy atom. The summed E-state index contributed by atoms with van der Waals surface area (Å²) in [6.07, 6.45) is 12.9. The largest absolute Gasteiger partial charge is 0.328 e. The lowest BCUT2D eigenvalue weighted by molar-refractivity contribution is 0.283. The first-order valence-electron chi connectivity index (χ1n) is 6.84. The van der Waals surface area contributed by atoms with Gasteiger partial charge in [-0.1, -0.05) is 12.8 Å². The van der Waals surface area contributed by atoms with Crippen LogP contribution in [0.2, 0.25) is 0 Å². The third-order valence-corrected chi connectivity index (χ3v) is 5.40. The van der Waals surface area contributed by atoms with E-state index in [0.717, 1.165) is 17.3 Å². The van der Waals surface area contributed by atoms with Crippen LogP contribution in [0.1, 0.15) is 51.4 Å². The fourth-order valence-electron chi connectivity index (χ4n) is 3.16. The van der Waals surface area contributed by atoms with E-state index in [1.807, 2.05) is 0 Å². The summed E-state index contributed by atoms with van der Waals surface area (Å²) in [5, 5.41) is 4.75. The Labute approximate surface area is 104 Å². The van der Waals surface area contributed by atoms with Gasteiger partial charge in [0.15, 0.2) is 0 Å². The van der Waals surface area contributed by atoms with Gasteiger partial charge in [0.2, 0.25) is 0 Å². The van der Waals surface area contributed by atoms with Crippen LogP contribution in [0.5, 0.6) is 0 Å². The number of nitrogens with one attached hydrogen (secondary N) is 1. The van der Waals surface area contributed by atoms with Crippen LogP contribution in [0.4, 0.5) is 0 Å². The molecular weight excluding hydrogens is 216 g/mol. The molecule has 16 heavy (non-hydrogen) atoms. The quantitative estimate of drug-likeness (QED) is 0.798. The van der Waals surface area contributed by atoms with Gasteiger partial charge in [0.1, 0.15) is 0 Å². The van der Waals surface area contributed by atoms with Crippen molar-refractivity contribution < 1.29 is 0 Å². The highest BCUT2D eigenvalue weighted by atomic mass is 32.2. The molecule has 0 aliphatic heterocycles. The minimum atomic E-state index is 0.473. The second-order valence-electron chi connectivity index (χ2n) is 5.44. The summed E-state index contributed by atoms with van der Waals surface area (Å²) in [6, 6.07) is 1.99. The van der Waals surface area contributed by atoms with Gasteiger partial charge in [0.05, 0.1) is 0 Å². The van der Waals surface area contributed by atoms with Crippen molar-refractivity contribution >= 4 is 11.8 Å². The van der Waals surface area contributed by atoms with Crippen LogP contribution in [-0.4, -0.2) is 29.6 Å². The maximum Gasteiger partial charge on any atom is 0.0198 e. The number of hydrogen-bond acceptors (Lipinski definition) is 3. The molecule has 3 heteroatoms. The lowest BCUT2D eigenvalue weighted by Crippen LogP contribution is -2.48. The smallest absolute Gasteiger partial charge is 0.0198 e. The summed E-state index contributed by atoms with van der Waals surface area (Å²) in [7, 11) is 0. The topological polar surface area (TPSA) is 38.0 Å². The van der Waals surface area contributed by atoms with Gasteiger partial charge < -0.3 is 11.1 Å². The highest BCUT2D eigenvalue weighted by Crippen LogP contribution is 2.28. The fraction of sp³-hybridized carbons (Fsp3) is 1.00. The lowest BCUT2D eigenvalue weighted by atomic mass is 9.89. The summed E-state index contributed by atoms with van der Waals surface area (Å²) >= 11 is 2.06. The third kappa shape index (κ3) is 3.38. The van der Waals surface area contributed by atoms with Gasteiger partial charge in [-0.3, -0.25) is 0 Å². The van der Waals surface area contributed by atoms with Crippen LogP contribution in [-0.2, 0) is 0 Å². The standard InChI is InChI=1S/C13H26N2S/c1-16-13-5-3-2-4-12(13)15-11-8-6-10(14)7-9-11/h10-13,15H,2-9,14H2,1H3. The number of thioether (sulfide) groups is 1. The Hall–Kier alpha value is 0.270. The molecule has 2 nitrogen and oxygen atoms in total. The van der Waals surface area contributed by atoms with Crippen molar-refractivity contribution in [3.8, 4) is 0 Å². The molecule has 2 atom stereocenters. The number of rotatable bonds is 3. The molecule has 0 bridgehead atoms. The van der Waals surface area contributed by atoms with Gasteiger partial charge in [-0.05, 0) is 44.8 Å². The minimum Gasteiger partial charge on any atom is -0.328 e. The van der Waals surface area contributed by atoms with E-state index in [9.17, 15) is 0 Å². The van der Waals surface area contributed by atoms with E-state index >= 15 is 0 Å². The zero-order valence-corrected chi connectivity index (χ0v) is 11.3. The van der Waals surface area contributed by atoms with Crippen LogP contribution in [0.3, 0.4) is 0 Å². The van der Waals surface area contributed by atoms with Crippen LogP contribution < -0.4 is 11.1 Å². The van der Waals surface area contributed by atoms with Gasteiger partial charge in [-0.2, -0.15) is 11.8 Å². The Bertz CT molecular complexity index is 202. The van der Waals surface area contributed by atoms with E-state index in [1.165, 1.54) is 51.4 Å². The third-order valence-electron chi connectivity index (χ3n) is 4.23. The first kappa shape index (κ1) is 12.7. The molecule has 2 rings (SSSR count). The number of nitrogens with two attached hydrogens (primary N) is 1. The molecule has 0 aromatic carbocycles. The molecule has 2 unspecified atom stereocenters. The van der Waals surface area contributed by atoms with Crippen molar-refractivity contribution in [1.82, 2.24) is 5.32 Å². The molecule has 94 valence electrons. The first-order valence-corrected chi connectivity index (χ1v) is 8.13. The molecule has 0 spiro atoms. The normalized spacial score (nSPS) is 40.9. The van der Waals surface area contributed by atoms with Crippen LogP contribution >= 0.6 is 11.8 Å². The predicted octanol–water partition coefficient (Wildman–Crippen LogP) is 2.52. The second kappa shape index (κ2) is 6.27. The van der Waals surface area contributed by atoms with Gasteiger partial charge in [-0.15, -0.1) is 0 Å². The summed E-state index contributed by atoms with van der Waals surface area (Å²) in [5.74, 6) is 0. The highest BCUT2D eigenvalue weighted by Gasteiger charge is 2.27. The second-order valence-corrected chi connectivity index (χ2v) is 6.52. The molecule has 0 saturated heterocycles. The van der Waals surface area contributed by atoms with E-state index in [0.29, 0.717) is 6.04 Å². The van der Waals surface area contributed by atoms with Crippen molar-refractivity contribution in [2.75, 3.05) is 6.26 Å². The maximum absolute atomic E-state index is 5.95. The molecule has 0 amide bonds. The molecule has 2 aliphatic carbocycles. The van der Waals surface area contributed by atoms with Crippen LogP contribution in [0.25, 0.3) is 0 Å². The van der Waals surface area contributed by atoms with Crippen molar-refractivity contribution in [3.63, 3.8) is 0 Å². The Kier molecular flexibility index (Phi) is 4.98. The summed E-state index contributed by atoms with van der Waals surface area (Å²) in [4.78, 5) is 0. The average Bonchev–Trinajstić information content (AvgIpc) is 2.33. The summed E-state index contributed by atoms with van der Waals surface area (Å²) < 4.78 is 0. The first-order chi connectivity index (χ1) is 7.79. The molecule has 0 radical (unpaired) electrons. The van der Waals surface area contributed by atoms with E-state index in [2.05, 4.69) is 23.3 Å². The maximum atomic E-state index is 5.95. The predicted molar refractivity (Wildman–Crippen MR) is 72.9 cm³/mol. The van der Waals surface area contributed by atoms with Crippen molar-refractivity contribution in [1.29, 1.82) is 0 Å². The molecule has 3 N–H and O–H groups in total. The van der Waals surface area contributed by atoms with Gasteiger partial charge in [0, 0.05) is 23.4 Å². The van der Waals surface area contributed by atoms with Gasteiger partial charge in [0.25, 0.3) is 0 Å². The monoisotopic (exact) mass is 242 g/mol. The Morgan fingerprint density at radius 2 is 1.69 bits per heavy atom. The molecule has 2 aliphatic rings. The summed E-state index contributed by atoms with van der Waals surface area (Å²) in [6.45, 7) is 0. The van der Waals surface area contributed by atoms with Crippen molar-refractivity contribution in [2.45, 2.75) is 74.7 Å². The minimum absolute atomic E-state index is 0.473. The van der Waals surface area contributed by atoms with Crippen molar-refractivity contribution in [3.05, 3.63) is 0 Å². The average molecular weight is 242 g/mol. The fourth-order valence-corrected chi connectivity index (χ4v) is 4.10.